The van der Waals surface area contributed by atoms with Crippen LogP contribution >= 0.6 is 11.3 Å². The molecule has 156 valence electrons. The van der Waals surface area contributed by atoms with Crippen molar-refractivity contribution in [2.45, 2.75) is 0 Å². The smallest absolute Gasteiger partial charge is 0.287 e. The minimum absolute atomic E-state index is 0.0447. The summed E-state index contributed by atoms with van der Waals surface area (Å²) in [7, 11) is 0. The van der Waals surface area contributed by atoms with E-state index in [1.165, 1.54) is 17.4 Å². The molecule has 1 heterocycles. The molecule has 0 radical (unpaired) electrons. The van der Waals surface area contributed by atoms with Crippen LogP contribution in [0.1, 0.15) is 20.8 Å². The van der Waals surface area contributed by atoms with Crippen molar-refractivity contribution in [1.82, 2.24) is 10.7 Å². The predicted octanol–water partition coefficient (Wildman–Crippen LogP) is 3.28. The van der Waals surface area contributed by atoms with Crippen LogP contribution in [0.25, 0.3) is 6.08 Å². The normalized spacial score (nSPS) is 11.3. The van der Waals surface area contributed by atoms with Gasteiger partial charge in [-0.3, -0.25) is 19.7 Å². The molecular formula is C21H16N4O5S. The summed E-state index contributed by atoms with van der Waals surface area (Å²) in [5, 5.41) is 28.8. The van der Waals surface area contributed by atoms with Crippen LogP contribution in [0.4, 0.5) is 5.69 Å². The van der Waals surface area contributed by atoms with Crippen molar-refractivity contribution in [3.05, 3.63) is 97.9 Å². The van der Waals surface area contributed by atoms with Gasteiger partial charge in [-0.05, 0) is 35.7 Å². The maximum atomic E-state index is 12.6. The quantitative estimate of drug-likeness (QED) is 0.226. The first-order valence-electron chi connectivity index (χ1n) is 8.86. The average molecular weight is 436 g/mol. The number of thiophene rings is 1. The number of aromatic hydroxyl groups is 1. The maximum absolute atomic E-state index is 12.6. The Kier molecular flexibility index (Phi) is 6.86. The number of non-ortho nitro benzene ring substituents is 1. The van der Waals surface area contributed by atoms with Gasteiger partial charge in [0.05, 0.1) is 11.1 Å². The number of amides is 2. The number of phenolic OH excluding ortho intramolecular Hbond substituents is 1. The van der Waals surface area contributed by atoms with Crippen LogP contribution in [-0.4, -0.2) is 28.1 Å². The first kappa shape index (κ1) is 21.4. The topological polar surface area (TPSA) is 134 Å². The summed E-state index contributed by atoms with van der Waals surface area (Å²) in [6.45, 7) is 0. The lowest BCUT2D eigenvalue weighted by atomic mass is 10.2. The number of hydrogen-bond acceptors (Lipinski definition) is 7. The highest BCUT2D eigenvalue weighted by Gasteiger charge is 2.15. The summed E-state index contributed by atoms with van der Waals surface area (Å²) in [6, 6.07) is 15.4. The molecule has 0 bridgehead atoms. The molecule has 0 aliphatic rings. The first-order valence-corrected chi connectivity index (χ1v) is 9.74. The number of carbonyl (C=O) groups excluding carboxylic acids is 2. The van der Waals surface area contributed by atoms with Crippen LogP contribution in [0.3, 0.4) is 0 Å². The predicted molar refractivity (Wildman–Crippen MR) is 117 cm³/mol. The number of phenols is 1. The zero-order chi connectivity index (χ0) is 22.2. The average Bonchev–Trinajstić information content (AvgIpc) is 3.28. The van der Waals surface area contributed by atoms with Crippen LogP contribution in [-0.2, 0) is 4.79 Å². The molecule has 2 aromatic carbocycles. The Morgan fingerprint density at radius 3 is 2.55 bits per heavy atom. The van der Waals surface area contributed by atoms with Crippen LogP contribution in [0, 0.1) is 10.1 Å². The molecule has 3 N–H and O–H groups in total. The number of hydrazone groups is 1. The highest BCUT2D eigenvalue weighted by molar-refractivity contribution is 7.10. The standard InChI is InChI=1S/C21H16N4O5S/c26-19-9-8-16(25(29)30)11-15(19)13-22-24-21(28)18(12-17-7-4-10-31-17)23-20(27)14-5-2-1-3-6-14/h1-13,26H,(H,23,27)(H,24,28)/b18-12-,22-13+. The zero-order valence-corrected chi connectivity index (χ0v) is 16.7. The number of nitro groups is 1. The van der Waals surface area contributed by atoms with Gasteiger partial charge in [0.1, 0.15) is 11.4 Å². The molecule has 0 aliphatic heterocycles. The van der Waals surface area contributed by atoms with E-state index >= 15 is 0 Å². The van der Waals surface area contributed by atoms with Crippen molar-refractivity contribution in [3.8, 4) is 5.75 Å². The highest BCUT2D eigenvalue weighted by Crippen LogP contribution is 2.21. The Bertz CT molecular complexity index is 1160. The first-order chi connectivity index (χ1) is 14.9. The molecule has 31 heavy (non-hydrogen) atoms. The van der Waals surface area contributed by atoms with Gasteiger partial charge in [-0.2, -0.15) is 5.10 Å². The van der Waals surface area contributed by atoms with E-state index in [9.17, 15) is 24.8 Å². The van der Waals surface area contributed by atoms with Gasteiger partial charge in [0, 0.05) is 28.1 Å². The Labute approximate surface area is 180 Å². The fraction of sp³-hybridized carbons (Fsp3) is 0. The molecule has 0 atom stereocenters. The molecule has 0 fully saturated rings. The van der Waals surface area contributed by atoms with Gasteiger partial charge < -0.3 is 10.4 Å². The molecule has 3 rings (SSSR count). The number of carbonyl (C=O) groups is 2. The molecule has 10 heteroatoms. The van der Waals surface area contributed by atoms with Crippen LogP contribution in [0.2, 0.25) is 0 Å². The summed E-state index contributed by atoms with van der Waals surface area (Å²) in [5.41, 5.74) is 2.39. The molecule has 1 aromatic heterocycles. The van der Waals surface area contributed by atoms with Crippen molar-refractivity contribution in [1.29, 1.82) is 0 Å². The minimum Gasteiger partial charge on any atom is -0.507 e. The molecule has 0 aliphatic carbocycles. The van der Waals surface area contributed by atoms with E-state index in [4.69, 9.17) is 0 Å². The van der Waals surface area contributed by atoms with Gasteiger partial charge in [-0.15, -0.1) is 11.3 Å². The molecule has 0 unspecified atom stereocenters. The second kappa shape index (κ2) is 9.94. The summed E-state index contributed by atoms with van der Waals surface area (Å²) in [4.78, 5) is 36.1. The van der Waals surface area contributed by atoms with Crippen LogP contribution in [0.5, 0.6) is 5.75 Å². The number of nitro benzene ring substituents is 1. The summed E-state index contributed by atoms with van der Waals surface area (Å²) >= 11 is 1.38. The van der Waals surface area contributed by atoms with Gasteiger partial charge in [0.25, 0.3) is 17.5 Å². The van der Waals surface area contributed by atoms with Crippen molar-refractivity contribution in [2.75, 3.05) is 0 Å². The molecule has 9 nitrogen and oxygen atoms in total. The van der Waals surface area contributed by atoms with E-state index in [2.05, 4.69) is 15.8 Å². The third-order valence-corrected chi connectivity index (χ3v) is 4.77. The van der Waals surface area contributed by atoms with Crippen molar-refractivity contribution < 1.29 is 19.6 Å². The summed E-state index contributed by atoms with van der Waals surface area (Å²) in [6.07, 6.45) is 2.57. The second-order valence-corrected chi connectivity index (χ2v) is 7.07. The van der Waals surface area contributed by atoms with E-state index < -0.39 is 16.7 Å². The van der Waals surface area contributed by atoms with E-state index in [0.717, 1.165) is 29.3 Å². The third kappa shape index (κ3) is 5.84. The molecule has 2 amide bonds. The molecule has 0 saturated heterocycles. The van der Waals surface area contributed by atoms with Crippen molar-refractivity contribution in [3.63, 3.8) is 0 Å². The zero-order valence-electron chi connectivity index (χ0n) is 15.9. The Morgan fingerprint density at radius 2 is 1.87 bits per heavy atom. The third-order valence-electron chi connectivity index (χ3n) is 3.95. The Balaban J connectivity index is 1.78. The van der Waals surface area contributed by atoms with Gasteiger partial charge in [0.15, 0.2) is 0 Å². The number of rotatable bonds is 7. The monoisotopic (exact) mass is 436 g/mol. The SMILES string of the molecule is O=C(N/N=C/c1cc([N+](=O)[O-])ccc1O)/C(=C/c1cccs1)NC(=O)c1ccccc1. The fourth-order valence-corrected chi connectivity index (χ4v) is 3.09. The molecular weight excluding hydrogens is 420 g/mol. The largest absolute Gasteiger partial charge is 0.507 e. The van der Waals surface area contributed by atoms with Crippen molar-refractivity contribution in [2.24, 2.45) is 5.10 Å². The summed E-state index contributed by atoms with van der Waals surface area (Å²) in [5.74, 6) is -1.42. The number of benzene rings is 2. The fourth-order valence-electron chi connectivity index (χ4n) is 2.44. The van der Waals surface area contributed by atoms with Gasteiger partial charge in [0.2, 0.25) is 0 Å². The van der Waals surface area contributed by atoms with E-state index in [0.29, 0.717) is 5.56 Å². The summed E-state index contributed by atoms with van der Waals surface area (Å²) < 4.78 is 0. The van der Waals surface area contributed by atoms with E-state index in [1.54, 1.807) is 42.5 Å². The van der Waals surface area contributed by atoms with E-state index in [1.807, 2.05) is 5.38 Å². The number of nitrogens with one attached hydrogen (secondary N) is 2. The molecule has 0 saturated carbocycles. The maximum Gasteiger partial charge on any atom is 0.287 e. The van der Waals surface area contributed by atoms with Gasteiger partial charge in [-0.25, -0.2) is 5.43 Å². The lowest BCUT2D eigenvalue weighted by Gasteiger charge is -2.08. The van der Waals surface area contributed by atoms with Crippen LogP contribution in [0.15, 0.2) is 76.8 Å². The van der Waals surface area contributed by atoms with Crippen LogP contribution < -0.4 is 10.7 Å². The minimum atomic E-state index is -0.709. The number of nitrogens with zero attached hydrogens (tertiary/aromatic N) is 2. The lowest BCUT2D eigenvalue weighted by Crippen LogP contribution is -2.32. The highest BCUT2D eigenvalue weighted by atomic mass is 32.1. The van der Waals surface area contributed by atoms with E-state index in [-0.39, 0.29) is 22.7 Å². The van der Waals surface area contributed by atoms with Crippen molar-refractivity contribution >= 4 is 41.1 Å². The second-order valence-electron chi connectivity index (χ2n) is 6.09. The van der Waals surface area contributed by atoms with Gasteiger partial charge >= 0.3 is 0 Å². The number of hydrogen-bond donors (Lipinski definition) is 3. The lowest BCUT2D eigenvalue weighted by molar-refractivity contribution is -0.384. The Morgan fingerprint density at radius 1 is 1.10 bits per heavy atom. The molecule has 0 spiro atoms. The van der Waals surface area contributed by atoms with Gasteiger partial charge in [-0.1, -0.05) is 24.3 Å². The molecule has 3 aromatic rings. The Hall–Kier alpha value is -4.31.